The fourth-order valence-electron chi connectivity index (χ4n) is 3.69. The van der Waals surface area contributed by atoms with E-state index in [4.69, 9.17) is 0 Å². The van der Waals surface area contributed by atoms with Crippen LogP contribution in [-0.2, 0) is 4.79 Å². The molecule has 0 saturated carbocycles. The van der Waals surface area contributed by atoms with Crippen LogP contribution in [0.15, 0.2) is 42.5 Å². The Morgan fingerprint density at radius 2 is 2.12 bits per heavy atom. The number of benzene rings is 2. The summed E-state index contributed by atoms with van der Waals surface area (Å²) in [6.07, 6.45) is 2.62. The van der Waals surface area contributed by atoms with Crippen molar-refractivity contribution < 1.29 is 4.79 Å². The molecule has 1 aliphatic heterocycles. The summed E-state index contributed by atoms with van der Waals surface area (Å²) in [5.74, 6) is 1.72. The Labute approximate surface area is 152 Å². The van der Waals surface area contributed by atoms with Crippen molar-refractivity contribution in [2.24, 2.45) is 0 Å². The van der Waals surface area contributed by atoms with Crippen molar-refractivity contribution in [1.29, 1.82) is 0 Å². The highest BCUT2D eigenvalue weighted by Gasteiger charge is 2.29. The van der Waals surface area contributed by atoms with Gasteiger partial charge in [-0.05, 0) is 37.8 Å². The minimum atomic E-state index is 0.0400. The van der Waals surface area contributed by atoms with Crippen LogP contribution in [0.4, 0.5) is 5.69 Å². The number of carbonyl (C=O) groups is 1. The number of fused-ring (bicyclic) bond motifs is 1. The maximum absolute atomic E-state index is 12.5. The van der Waals surface area contributed by atoms with Gasteiger partial charge in [-0.2, -0.15) is 5.10 Å². The molecular weight excluding hydrogens is 326 g/mol. The number of nitrogens with one attached hydrogen (secondary N) is 2. The average molecular weight is 349 g/mol. The Morgan fingerprint density at radius 1 is 1.27 bits per heavy atom. The molecule has 1 aliphatic rings. The normalized spacial score (nSPS) is 17.7. The number of hydrogen-bond donors (Lipinski definition) is 2. The first-order chi connectivity index (χ1) is 12.7. The zero-order chi connectivity index (χ0) is 17.9. The summed E-state index contributed by atoms with van der Waals surface area (Å²) in [4.78, 5) is 19.3. The third-order valence-electron chi connectivity index (χ3n) is 4.97. The number of hydrogen-bond acceptors (Lipinski definition) is 4. The van der Waals surface area contributed by atoms with Gasteiger partial charge in [0.1, 0.15) is 5.82 Å². The van der Waals surface area contributed by atoms with Crippen LogP contribution in [0.2, 0.25) is 0 Å². The Balaban J connectivity index is 1.39. The first kappa shape index (κ1) is 16.7. The molecule has 134 valence electrons. The van der Waals surface area contributed by atoms with E-state index in [1.54, 1.807) is 0 Å². The second kappa shape index (κ2) is 7.25. The van der Waals surface area contributed by atoms with Gasteiger partial charge in [0.2, 0.25) is 5.91 Å². The first-order valence-electron chi connectivity index (χ1n) is 9.11. The van der Waals surface area contributed by atoms with Crippen molar-refractivity contribution in [3.8, 4) is 0 Å². The van der Waals surface area contributed by atoms with E-state index in [0.717, 1.165) is 54.0 Å². The smallest absolute Gasteiger partial charge is 0.225 e. The maximum atomic E-state index is 12.5. The second-order valence-corrected chi connectivity index (χ2v) is 6.80. The highest BCUT2D eigenvalue weighted by atomic mass is 16.1. The Bertz CT molecular complexity index is 914. The minimum Gasteiger partial charge on any atom is -0.325 e. The monoisotopic (exact) mass is 349 g/mol. The van der Waals surface area contributed by atoms with Crippen molar-refractivity contribution in [2.45, 2.75) is 32.2 Å². The zero-order valence-corrected chi connectivity index (χ0v) is 14.9. The summed E-state index contributed by atoms with van der Waals surface area (Å²) in [5.41, 5.74) is 0.871. The van der Waals surface area contributed by atoms with E-state index >= 15 is 0 Å². The molecule has 4 rings (SSSR count). The van der Waals surface area contributed by atoms with E-state index in [0.29, 0.717) is 6.42 Å². The summed E-state index contributed by atoms with van der Waals surface area (Å²) in [6.45, 7) is 3.61. The van der Waals surface area contributed by atoms with Crippen molar-refractivity contribution in [3.63, 3.8) is 0 Å². The lowest BCUT2D eigenvalue weighted by atomic mass is 10.1. The lowest BCUT2D eigenvalue weighted by Gasteiger charge is -2.21. The van der Waals surface area contributed by atoms with Crippen molar-refractivity contribution in [1.82, 2.24) is 20.1 Å². The van der Waals surface area contributed by atoms with Crippen LogP contribution >= 0.6 is 0 Å². The number of carbonyl (C=O) groups excluding carboxylic acids is 1. The Morgan fingerprint density at radius 3 is 2.96 bits per heavy atom. The highest BCUT2D eigenvalue weighted by molar-refractivity contribution is 6.02. The molecule has 0 spiro atoms. The van der Waals surface area contributed by atoms with E-state index in [9.17, 15) is 4.79 Å². The van der Waals surface area contributed by atoms with Crippen LogP contribution in [0.5, 0.6) is 0 Å². The molecule has 1 saturated heterocycles. The van der Waals surface area contributed by atoms with E-state index < -0.39 is 0 Å². The highest BCUT2D eigenvalue weighted by Crippen LogP contribution is 2.30. The molecule has 0 bridgehead atoms. The van der Waals surface area contributed by atoms with E-state index in [1.807, 2.05) is 37.3 Å². The van der Waals surface area contributed by atoms with Crippen LogP contribution in [0, 0.1) is 6.92 Å². The number of likely N-dealkylation sites (tertiary alicyclic amines) is 1. The average Bonchev–Trinajstić information content (AvgIpc) is 3.29. The molecule has 0 radical (unpaired) electrons. The molecule has 1 amide bonds. The number of H-pyrrole nitrogens is 1. The third-order valence-corrected chi connectivity index (χ3v) is 4.97. The van der Waals surface area contributed by atoms with Gasteiger partial charge >= 0.3 is 0 Å². The Hall–Kier alpha value is -2.73. The quantitative estimate of drug-likeness (QED) is 0.740. The molecule has 3 aromatic rings. The summed E-state index contributed by atoms with van der Waals surface area (Å²) in [6, 6.07) is 14.3. The van der Waals surface area contributed by atoms with Crippen LogP contribution < -0.4 is 5.32 Å². The first-order valence-corrected chi connectivity index (χ1v) is 9.11. The second-order valence-electron chi connectivity index (χ2n) is 6.80. The van der Waals surface area contributed by atoms with Crippen LogP contribution in [0.1, 0.15) is 37.0 Å². The topological polar surface area (TPSA) is 73.9 Å². The number of aromatic nitrogens is 3. The van der Waals surface area contributed by atoms with Gasteiger partial charge in [0.25, 0.3) is 0 Å². The van der Waals surface area contributed by atoms with Crippen LogP contribution in [-0.4, -0.2) is 39.1 Å². The number of anilines is 1. The lowest BCUT2D eigenvalue weighted by molar-refractivity contribution is -0.116. The van der Waals surface area contributed by atoms with Crippen LogP contribution in [0.3, 0.4) is 0 Å². The number of nitrogens with zero attached hydrogens (tertiary/aromatic N) is 3. The molecule has 1 fully saturated rings. The molecule has 6 nitrogen and oxygen atoms in total. The Kier molecular flexibility index (Phi) is 4.67. The maximum Gasteiger partial charge on any atom is 0.225 e. The van der Waals surface area contributed by atoms with E-state index in [1.165, 1.54) is 0 Å². The largest absolute Gasteiger partial charge is 0.325 e. The van der Waals surface area contributed by atoms with Gasteiger partial charge in [-0.25, -0.2) is 4.98 Å². The van der Waals surface area contributed by atoms with E-state index in [-0.39, 0.29) is 11.9 Å². The van der Waals surface area contributed by atoms with Crippen molar-refractivity contribution in [3.05, 3.63) is 54.1 Å². The van der Waals surface area contributed by atoms with Gasteiger partial charge in [0, 0.05) is 24.0 Å². The van der Waals surface area contributed by atoms with Crippen molar-refractivity contribution in [2.75, 3.05) is 18.4 Å². The summed E-state index contributed by atoms with van der Waals surface area (Å²) >= 11 is 0. The molecule has 6 heteroatoms. The van der Waals surface area contributed by atoms with Crippen molar-refractivity contribution >= 4 is 22.4 Å². The molecular formula is C20H23N5O. The molecule has 2 heterocycles. The predicted octanol–water partition coefficient (Wildman–Crippen LogP) is 3.43. The predicted molar refractivity (Wildman–Crippen MR) is 102 cm³/mol. The SMILES string of the molecule is Cc1nc([C@H]2CCCN2CCC(=O)Nc2cccc3ccccc23)n[nH]1. The number of aromatic amines is 1. The summed E-state index contributed by atoms with van der Waals surface area (Å²) in [5, 5.41) is 12.5. The molecule has 1 atom stereocenters. The standard InChI is InChI=1S/C20H23N5O/c1-14-21-20(24-23-14)18-10-5-12-25(18)13-11-19(26)22-17-9-4-7-15-6-2-3-8-16(15)17/h2-4,6-9,18H,5,10-13H2,1H3,(H,22,26)(H,21,23,24)/t18-/m1/s1. The summed E-state index contributed by atoms with van der Waals surface area (Å²) < 4.78 is 0. The molecule has 26 heavy (non-hydrogen) atoms. The third kappa shape index (κ3) is 3.46. The fraction of sp³-hybridized carbons (Fsp3) is 0.350. The summed E-state index contributed by atoms with van der Waals surface area (Å²) in [7, 11) is 0. The molecule has 1 aromatic heterocycles. The minimum absolute atomic E-state index is 0.0400. The van der Waals surface area contributed by atoms with Gasteiger partial charge in [0.15, 0.2) is 5.82 Å². The molecule has 0 unspecified atom stereocenters. The van der Waals surface area contributed by atoms with Gasteiger partial charge in [-0.3, -0.25) is 14.8 Å². The fourth-order valence-corrected chi connectivity index (χ4v) is 3.69. The van der Waals surface area contributed by atoms with Gasteiger partial charge < -0.3 is 5.32 Å². The molecule has 0 aliphatic carbocycles. The zero-order valence-electron chi connectivity index (χ0n) is 14.9. The van der Waals surface area contributed by atoms with Gasteiger partial charge in [-0.1, -0.05) is 36.4 Å². The molecule has 2 aromatic carbocycles. The van der Waals surface area contributed by atoms with Gasteiger partial charge in [-0.15, -0.1) is 0 Å². The molecule has 2 N–H and O–H groups in total. The number of amides is 1. The lowest BCUT2D eigenvalue weighted by Crippen LogP contribution is -2.28. The number of aryl methyl sites for hydroxylation is 1. The number of rotatable bonds is 5. The van der Waals surface area contributed by atoms with E-state index in [2.05, 4.69) is 37.5 Å². The van der Waals surface area contributed by atoms with Crippen LogP contribution in [0.25, 0.3) is 10.8 Å². The van der Waals surface area contributed by atoms with Gasteiger partial charge in [0.05, 0.1) is 6.04 Å².